The van der Waals surface area contributed by atoms with Gasteiger partial charge in [-0.25, -0.2) is 0 Å². The highest BCUT2D eigenvalue weighted by Gasteiger charge is 2.18. The highest BCUT2D eigenvalue weighted by atomic mass is 16.5. The second kappa shape index (κ2) is 6.96. The molecule has 1 unspecified atom stereocenters. The van der Waals surface area contributed by atoms with Crippen molar-refractivity contribution in [2.75, 3.05) is 11.9 Å². The lowest BCUT2D eigenvalue weighted by Crippen LogP contribution is -2.36. The lowest BCUT2D eigenvalue weighted by atomic mass is 10.0. The molecule has 1 aromatic carbocycles. The number of hydrogen-bond donors (Lipinski definition) is 1. The molecule has 0 radical (unpaired) electrons. The van der Waals surface area contributed by atoms with E-state index in [1.54, 1.807) is 13.0 Å². The van der Waals surface area contributed by atoms with Crippen LogP contribution in [-0.2, 0) is 6.54 Å². The number of rotatable bonds is 4. The molecule has 1 atom stereocenters. The SMILES string of the molecule is Cc1cc(C(=O)Nc2ccc(CN3CCCCC3C)cc2)on1. The van der Waals surface area contributed by atoms with Gasteiger partial charge in [0.15, 0.2) is 0 Å². The molecule has 1 aliphatic rings. The van der Waals surface area contributed by atoms with E-state index in [1.807, 2.05) is 12.1 Å². The molecule has 5 heteroatoms. The van der Waals surface area contributed by atoms with Gasteiger partial charge >= 0.3 is 0 Å². The topological polar surface area (TPSA) is 58.4 Å². The predicted molar refractivity (Wildman–Crippen MR) is 89.4 cm³/mol. The van der Waals surface area contributed by atoms with Gasteiger partial charge in [0, 0.05) is 24.3 Å². The van der Waals surface area contributed by atoms with Crippen molar-refractivity contribution >= 4 is 11.6 Å². The van der Waals surface area contributed by atoms with Crippen LogP contribution in [0.1, 0.15) is 48.0 Å². The second-order valence-electron chi connectivity index (χ2n) is 6.30. The fraction of sp³-hybridized carbons (Fsp3) is 0.444. The van der Waals surface area contributed by atoms with Crippen LogP contribution in [0.15, 0.2) is 34.9 Å². The van der Waals surface area contributed by atoms with Gasteiger partial charge in [0.05, 0.1) is 5.69 Å². The molecule has 1 fully saturated rings. The average Bonchev–Trinajstić information content (AvgIpc) is 2.98. The number of piperidine rings is 1. The van der Waals surface area contributed by atoms with E-state index >= 15 is 0 Å². The van der Waals surface area contributed by atoms with Gasteiger partial charge in [-0.3, -0.25) is 9.69 Å². The lowest BCUT2D eigenvalue weighted by Gasteiger charge is -2.33. The van der Waals surface area contributed by atoms with E-state index in [2.05, 4.69) is 34.4 Å². The van der Waals surface area contributed by atoms with Crippen molar-refractivity contribution in [2.24, 2.45) is 0 Å². The van der Waals surface area contributed by atoms with Gasteiger partial charge in [-0.2, -0.15) is 0 Å². The molecule has 1 aromatic heterocycles. The number of carbonyl (C=O) groups excluding carboxylic acids is 1. The fourth-order valence-corrected chi connectivity index (χ4v) is 2.98. The first-order valence-corrected chi connectivity index (χ1v) is 8.19. The van der Waals surface area contributed by atoms with E-state index in [4.69, 9.17) is 4.52 Å². The number of nitrogens with one attached hydrogen (secondary N) is 1. The van der Waals surface area contributed by atoms with Gasteiger partial charge in [0.2, 0.25) is 5.76 Å². The molecule has 0 bridgehead atoms. The molecule has 1 N–H and O–H groups in total. The standard InChI is InChI=1S/C18H23N3O2/c1-13-11-17(23-20-13)18(22)19-16-8-6-15(7-9-16)12-21-10-4-3-5-14(21)2/h6-9,11,14H,3-5,10,12H2,1-2H3,(H,19,22). The summed E-state index contributed by atoms with van der Waals surface area (Å²) >= 11 is 0. The normalized spacial score (nSPS) is 18.8. The van der Waals surface area contributed by atoms with Gasteiger partial charge in [-0.1, -0.05) is 23.7 Å². The number of anilines is 1. The van der Waals surface area contributed by atoms with Crippen molar-refractivity contribution in [2.45, 2.75) is 45.7 Å². The highest BCUT2D eigenvalue weighted by molar-refractivity contribution is 6.02. The van der Waals surface area contributed by atoms with Crippen molar-refractivity contribution < 1.29 is 9.32 Å². The number of nitrogens with zero attached hydrogens (tertiary/aromatic N) is 2. The Morgan fingerprint density at radius 1 is 1.35 bits per heavy atom. The quantitative estimate of drug-likeness (QED) is 0.937. The third kappa shape index (κ3) is 3.99. The van der Waals surface area contributed by atoms with Crippen LogP contribution < -0.4 is 5.32 Å². The smallest absolute Gasteiger partial charge is 0.294 e. The average molecular weight is 313 g/mol. The Bertz CT molecular complexity index is 663. The van der Waals surface area contributed by atoms with Gasteiger partial charge in [0.25, 0.3) is 5.91 Å². The second-order valence-corrected chi connectivity index (χ2v) is 6.30. The molecule has 2 heterocycles. The first kappa shape index (κ1) is 15.7. The molecule has 1 aliphatic heterocycles. The van der Waals surface area contributed by atoms with E-state index in [-0.39, 0.29) is 11.7 Å². The minimum Gasteiger partial charge on any atom is -0.351 e. The van der Waals surface area contributed by atoms with Gasteiger partial charge in [-0.15, -0.1) is 0 Å². The predicted octanol–water partition coefficient (Wildman–Crippen LogP) is 3.61. The maximum absolute atomic E-state index is 12.0. The zero-order chi connectivity index (χ0) is 16.2. The van der Waals surface area contributed by atoms with Crippen LogP contribution in [0, 0.1) is 6.92 Å². The van der Waals surface area contributed by atoms with Gasteiger partial charge < -0.3 is 9.84 Å². The molecular weight excluding hydrogens is 290 g/mol. The van der Waals surface area contributed by atoms with Crippen LogP contribution in [0.2, 0.25) is 0 Å². The third-order valence-corrected chi connectivity index (χ3v) is 4.39. The number of carbonyl (C=O) groups is 1. The van der Waals surface area contributed by atoms with Crippen molar-refractivity contribution in [3.8, 4) is 0 Å². The molecule has 0 saturated carbocycles. The summed E-state index contributed by atoms with van der Waals surface area (Å²) in [6.45, 7) is 6.23. The monoisotopic (exact) mass is 313 g/mol. The molecule has 1 saturated heterocycles. The Hall–Kier alpha value is -2.14. The summed E-state index contributed by atoms with van der Waals surface area (Å²) in [5.74, 6) is -0.0447. The third-order valence-electron chi connectivity index (χ3n) is 4.39. The minimum atomic E-state index is -0.275. The van der Waals surface area contributed by atoms with Crippen LogP contribution in [0.5, 0.6) is 0 Å². The Balaban J connectivity index is 1.59. The van der Waals surface area contributed by atoms with E-state index in [1.165, 1.54) is 31.4 Å². The Morgan fingerprint density at radius 2 is 2.13 bits per heavy atom. The molecule has 23 heavy (non-hydrogen) atoms. The van der Waals surface area contributed by atoms with E-state index in [0.29, 0.717) is 11.7 Å². The summed E-state index contributed by atoms with van der Waals surface area (Å²) in [6, 6.07) is 10.3. The molecule has 0 spiro atoms. The fourth-order valence-electron chi connectivity index (χ4n) is 2.98. The molecule has 3 rings (SSSR count). The molecule has 0 aliphatic carbocycles. The van der Waals surface area contributed by atoms with Crippen LogP contribution >= 0.6 is 0 Å². The molecule has 122 valence electrons. The van der Waals surface area contributed by atoms with Crippen LogP contribution in [0.4, 0.5) is 5.69 Å². The number of hydrogen-bond acceptors (Lipinski definition) is 4. The van der Waals surface area contributed by atoms with E-state index in [9.17, 15) is 4.79 Å². The summed E-state index contributed by atoms with van der Waals surface area (Å²) in [5.41, 5.74) is 2.73. The first-order valence-electron chi connectivity index (χ1n) is 8.19. The van der Waals surface area contributed by atoms with Crippen molar-refractivity contribution in [3.63, 3.8) is 0 Å². The number of amides is 1. The lowest BCUT2D eigenvalue weighted by molar-refractivity contribution is 0.0988. The molecule has 5 nitrogen and oxygen atoms in total. The Labute approximate surface area is 136 Å². The number of benzene rings is 1. The zero-order valence-corrected chi connectivity index (χ0v) is 13.7. The molecule has 2 aromatic rings. The minimum absolute atomic E-state index is 0.230. The number of likely N-dealkylation sites (tertiary alicyclic amines) is 1. The van der Waals surface area contributed by atoms with Crippen LogP contribution in [-0.4, -0.2) is 28.6 Å². The van der Waals surface area contributed by atoms with Crippen molar-refractivity contribution in [1.29, 1.82) is 0 Å². The van der Waals surface area contributed by atoms with E-state index < -0.39 is 0 Å². The summed E-state index contributed by atoms with van der Waals surface area (Å²) in [5, 5.41) is 6.55. The first-order chi connectivity index (χ1) is 11.1. The van der Waals surface area contributed by atoms with Gasteiger partial charge in [0.1, 0.15) is 0 Å². The van der Waals surface area contributed by atoms with E-state index in [0.717, 1.165) is 12.2 Å². The largest absolute Gasteiger partial charge is 0.351 e. The summed E-state index contributed by atoms with van der Waals surface area (Å²) in [4.78, 5) is 14.5. The molecular formula is C18H23N3O2. The summed E-state index contributed by atoms with van der Waals surface area (Å²) < 4.78 is 4.97. The Kier molecular flexibility index (Phi) is 4.76. The van der Waals surface area contributed by atoms with Crippen molar-refractivity contribution in [1.82, 2.24) is 10.1 Å². The summed E-state index contributed by atoms with van der Waals surface area (Å²) in [6.07, 6.45) is 3.91. The zero-order valence-electron chi connectivity index (χ0n) is 13.7. The number of aromatic nitrogens is 1. The summed E-state index contributed by atoms with van der Waals surface area (Å²) in [7, 11) is 0. The number of aryl methyl sites for hydroxylation is 1. The molecule has 1 amide bonds. The van der Waals surface area contributed by atoms with Crippen molar-refractivity contribution in [3.05, 3.63) is 47.3 Å². The van der Waals surface area contributed by atoms with Gasteiger partial charge in [-0.05, 0) is 50.9 Å². The maximum Gasteiger partial charge on any atom is 0.294 e. The Morgan fingerprint density at radius 3 is 2.78 bits per heavy atom. The van der Waals surface area contributed by atoms with Crippen LogP contribution in [0.3, 0.4) is 0 Å². The maximum atomic E-state index is 12.0. The highest BCUT2D eigenvalue weighted by Crippen LogP contribution is 2.20. The van der Waals surface area contributed by atoms with Crippen LogP contribution in [0.25, 0.3) is 0 Å².